The second-order valence-electron chi connectivity index (χ2n) is 3.32. The first kappa shape index (κ1) is 9.97. The Bertz CT molecular complexity index is 485. The fourth-order valence-corrected chi connectivity index (χ4v) is 2.36. The number of thiophene rings is 1. The van der Waals surface area contributed by atoms with Crippen LogP contribution in [0.1, 0.15) is 5.56 Å². The molecule has 2 aromatic heterocycles. The van der Waals surface area contributed by atoms with Gasteiger partial charge in [-0.3, -0.25) is 4.57 Å². The molecule has 6 heteroatoms. The first-order valence-electron chi connectivity index (χ1n) is 4.56. The Labute approximate surface area is 91.9 Å². The van der Waals surface area contributed by atoms with Crippen molar-refractivity contribution in [3.63, 3.8) is 0 Å². The van der Waals surface area contributed by atoms with Gasteiger partial charge in [0.25, 0.3) is 0 Å². The molecule has 0 aliphatic carbocycles. The zero-order chi connectivity index (χ0) is 11.0. The van der Waals surface area contributed by atoms with Crippen LogP contribution < -0.4 is 11.1 Å². The van der Waals surface area contributed by atoms with E-state index in [1.807, 2.05) is 31.0 Å². The van der Waals surface area contributed by atoms with E-state index in [9.17, 15) is 0 Å². The van der Waals surface area contributed by atoms with Gasteiger partial charge in [-0.25, -0.2) is 0 Å². The quantitative estimate of drug-likeness (QED) is 0.809. The average Bonchev–Trinajstić information content (AvgIpc) is 2.73. The first-order chi connectivity index (χ1) is 7.15. The predicted molar refractivity (Wildman–Crippen MR) is 63.0 cm³/mol. The summed E-state index contributed by atoms with van der Waals surface area (Å²) in [6, 6.07) is 0. The first-order valence-corrected chi connectivity index (χ1v) is 5.44. The van der Waals surface area contributed by atoms with Gasteiger partial charge in [-0.05, 0) is 17.9 Å². The number of hydrogen-bond donors (Lipinski definition) is 2. The van der Waals surface area contributed by atoms with Crippen LogP contribution in [-0.4, -0.2) is 21.8 Å². The third-order valence-corrected chi connectivity index (χ3v) is 3.43. The lowest BCUT2D eigenvalue weighted by atomic mass is 10.3. The largest absolute Gasteiger partial charge is 0.397 e. The van der Waals surface area contributed by atoms with Crippen molar-refractivity contribution < 1.29 is 0 Å². The van der Waals surface area contributed by atoms with E-state index in [1.165, 1.54) is 0 Å². The smallest absolute Gasteiger partial charge is 0.224 e. The summed E-state index contributed by atoms with van der Waals surface area (Å²) in [5.74, 6) is 1.53. The van der Waals surface area contributed by atoms with E-state index in [2.05, 4.69) is 15.5 Å². The van der Waals surface area contributed by atoms with Gasteiger partial charge in [0.15, 0.2) is 5.82 Å². The van der Waals surface area contributed by atoms with Crippen LogP contribution in [0.15, 0.2) is 5.38 Å². The maximum atomic E-state index is 5.96. The minimum atomic E-state index is 0.732. The lowest BCUT2D eigenvalue weighted by molar-refractivity contribution is 0.928. The molecule has 0 bridgehead atoms. The molecule has 2 heterocycles. The SMILES string of the molecule is CNc1nnc(-c2scc(C)c2N)n1C. The summed E-state index contributed by atoms with van der Waals surface area (Å²) in [5, 5.41) is 13.1. The third kappa shape index (κ3) is 1.46. The summed E-state index contributed by atoms with van der Waals surface area (Å²) in [6.07, 6.45) is 0. The molecule has 0 aromatic carbocycles. The molecule has 15 heavy (non-hydrogen) atoms. The average molecular weight is 223 g/mol. The van der Waals surface area contributed by atoms with Gasteiger partial charge in [-0.15, -0.1) is 21.5 Å². The monoisotopic (exact) mass is 223 g/mol. The lowest BCUT2D eigenvalue weighted by Gasteiger charge is -2.02. The van der Waals surface area contributed by atoms with Crippen LogP contribution in [-0.2, 0) is 7.05 Å². The Morgan fingerprint density at radius 1 is 1.47 bits per heavy atom. The van der Waals surface area contributed by atoms with Crippen molar-refractivity contribution >= 4 is 23.0 Å². The van der Waals surface area contributed by atoms with E-state index in [4.69, 9.17) is 5.73 Å². The number of hydrogen-bond acceptors (Lipinski definition) is 5. The molecule has 2 rings (SSSR count). The number of nitrogen functional groups attached to an aromatic ring is 1. The Hall–Kier alpha value is -1.56. The minimum absolute atomic E-state index is 0.732. The maximum absolute atomic E-state index is 5.96. The van der Waals surface area contributed by atoms with Crippen LogP contribution in [0.25, 0.3) is 10.7 Å². The normalized spacial score (nSPS) is 10.6. The van der Waals surface area contributed by atoms with Crippen molar-refractivity contribution in [1.82, 2.24) is 14.8 Å². The van der Waals surface area contributed by atoms with Gasteiger partial charge in [0.05, 0.1) is 10.6 Å². The molecule has 0 fully saturated rings. The molecular formula is C9H13N5S. The fourth-order valence-electron chi connectivity index (χ4n) is 1.37. The lowest BCUT2D eigenvalue weighted by Crippen LogP contribution is -2.00. The number of aryl methyl sites for hydroxylation is 1. The molecule has 5 nitrogen and oxygen atoms in total. The molecular weight excluding hydrogens is 210 g/mol. The number of rotatable bonds is 2. The molecule has 0 aliphatic rings. The van der Waals surface area contributed by atoms with E-state index >= 15 is 0 Å². The number of nitrogens with zero attached hydrogens (tertiary/aromatic N) is 3. The van der Waals surface area contributed by atoms with Gasteiger partial charge >= 0.3 is 0 Å². The maximum Gasteiger partial charge on any atom is 0.224 e. The number of nitrogens with two attached hydrogens (primary N) is 1. The Kier molecular flexibility index (Phi) is 2.36. The molecule has 0 amide bonds. The van der Waals surface area contributed by atoms with E-state index in [1.54, 1.807) is 11.3 Å². The molecule has 2 aromatic rings. The van der Waals surface area contributed by atoms with Crippen LogP contribution in [0, 0.1) is 6.92 Å². The summed E-state index contributed by atoms with van der Waals surface area (Å²) >= 11 is 1.59. The van der Waals surface area contributed by atoms with Crippen molar-refractivity contribution in [3.05, 3.63) is 10.9 Å². The van der Waals surface area contributed by atoms with Crippen molar-refractivity contribution in [3.8, 4) is 10.7 Å². The van der Waals surface area contributed by atoms with Crippen LogP contribution in [0.3, 0.4) is 0 Å². The minimum Gasteiger partial charge on any atom is -0.397 e. The zero-order valence-corrected chi connectivity index (χ0v) is 9.72. The summed E-state index contributed by atoms with van der Waals surface area (Å²) < 4.78 is 1.89. The highest BCUT2D eigenvalue weighted by Crippen LogP contribution is 2.33. The Morgan fingerprint density at radius 2 is 2.20 bits per heavy atom. The molecule has 0 saturated carbocycles. The number of anilines is 2. The molecule has 0 aliphatic heterocycles. The van der Waals surface area contributed by atoms with E-state index in [0.29, 0.717) is 0 Å². The van der Waals surface area contributed by atoms with Crippen molar-refractivity contribution in [2.75, 3.05) is 18.1 Å². The van der Waals surface area contributed by atoms with Crippen molar-refractivity contribution in [1.29, 1.82) is 0 Å². The predicted octanol–water partition coefficient (Wildman–Crippen LogP) is 1.48. The van der Waals surface area contributed by atoms with Crippen LogP contribution >= 0.6 is 11.3 Å². The Balaban J connectivity index is 2.54. The summed E-state index contributed by atoms with van der Waals surface area (Å²) in [7, 11) is 3.73. The van der Waals surface area contributed by atoms with Gasteiger partial charge in [-0.1, -0.05) is 0 Å². The van der Waals surface area contributed by atoms with Gasteiger partial charge in [0.2, 0.25) is 5.95 Å². The summed E-state index contributed by atoms with van der Waals surface area (Å²) in [5.41, 5.74) is 7.84. The topological polar surface area (TPSA) is 68.8 Å². The van der Waals surface area contributed by atoms with Crippen LogP contribution in [0.4, 0.5) is 11.6 Å². The van der Waals surface area contributed by atoms with Gasteiger partial charge in [0, 0.05) is 14.1 Å². The number of aromatic nitrogens is 3. The molecule has 0 spiro atoms. The molecule has 3 N–H and O–H groups in total. The molecule has 0 unspecified atom stereocenters. The van der Waals surface area contributed by atoms with Gasteiger partial charge < -0.3 is 11.1 Å². The standard InChI is InChI=1S/C9H13N5S/c1-5-4-15-7(6(5)10)8-12-13-9(11-2)14(8)3/h4H,10H2,1-3H3,(H,11,13). The van der Waals surface area contributed by atoms with Crippen LogP contribution in [0.5, 0.6) is 0 Å². The second-order valence-corrected chi connectivity index (χ2v) is 4.20. The van der Waals surface area contributed by atoms with Crippen molar-refractivity contribution in [2.45, 2.75) is 6.92 Å². The molecule has 0 atom stereocenters. The molecule has 0 radical (unpaired) electrons. The molecule has 80 valence electrons. The Morgan fingerprint density at radius 3 is 2.67 bits per heavy atom. The van der Waals surface area contributed by atoms with Crippen LogP contribution in [0.2, 0.25) is 0 Å². The molecule has 0 saturated heterocycles. The second kappa shape index (κ2) is 3.54. The summed E-state index contributed by atoms with van der Waals surface area (Å²) in [4.78, 5) is 0.976. The third-order valence-electron chi connectivity index (χ3n) is 2.32. The fraction of sp³-hybridized carbons (Fsp3) is 0.333. The van der Waals surface area contributed by atoms with Crippen molar-refractivity contribution in [2.24, 2.45) is 7.05 Å². The number of nitrogens with one attached hydrogen (secondary N) is 1. The van der Waals surface area contributed by atoms with Gasteiger partial charge in [-0.2, -0.15) is 0 Å². The highest BCUT2D eigenvalue weighted by Gasteiger charge is 2.15. The van der Waals surface area contributed by atoms with Gasteiger partial charge in [0.1, 0.15) is 0 Å². The highest BCUT2D eigenvalue weighted by molar-refractivity contribution is 7.14. The summed E-state index contributed by atoms with van der Waals surface area (Å²) in [6.45, 7) is 1.99. The zero-order valence-electron chi connectivity index (χ0n) is 8.90. The highest BCUT2D eigenvalue weighted by atomic mass is 32.1. The van der Waals surface area contributed by atoms with E-state index in [-0.39, 0.29) is 0 Å². The van der Waals surface area contributed by atoms with E-state index < -0.39 is 0 Å². The van der Waals surface area contributed by atoms with E-state index in [0.717, 1.165) is 27.9 Å².